The molecule has 0 saturated heterocycles. The molecule has 0 bridgehead atoms. The van der Waals surface area contributed by atoms with E-state index in [9.17, 15) is 8.78 Å². The van der Waals surface area contributed by atoms with E-state index in [0.29, 0.717) is 5.56 Å². The molecule has 1 atom stereocenters. The summed E-state index contributed by atoms with van der Waals surface area (Å²) >= 11 is 0. The van der Waals surface area contributed by atoms with Crippen LogP contribution < -0.4 is 5.32 Å². The zero-order chi connectivity index (χ0) is 15.6. The van der Waals surface area contributed by atoms with Crippen LogP contribution in [0.2, 0.25) is 0 Å². The largest absolute Gasteiger partial charge is 0.312 e. The zero-order valence-electron chi connectivity index (χ0n) is 12.9. The summed E-state index contributed by atoms with van der Waals surface area (Å²) in [5.74, 6) is -0.459. The molecule has 2 aromatic rings. The second kappa shape index (κ2) is 5.94. The van der Waals surface area contributed by atoms with Crippen LogP contribution in [0.1, 0.15) is 36.6 Å². The van der Waals surface area contributed by atoms with E-state index in [0.717, 1.165) is 11.1 Å². The van der Waals surface area contributed by atoms with Crippen molar-refractivity contribution in [3.05, 3.63) is 70.8 Å². The topological polar surface area (TPSA) is 12.0 Å². The molecule has 1 N–H and O–H groups in total. The van der Waals surface area contributed by atoms with Crippen molar-refractivity contribution in [2.45, 2.75) is 32.2 Å². The van der Waals surface area contributed by atoms with Gasteiger partial charge in [0, 0.05) is 11.5 Å². The summed E-state index contributed by atoms with van der Waals surface area (Å²) in [6, 6.07) is 11.7. The van der Waals surface area contributed by atoms with Crippen LogP contribution in [-0.4, -0.2) is 7.05 Å². The van der Waals surface area contributed by atoms with Gasteiger partial charge in [-0.15, -0.1) is 0 Å². The van der Waals surface area contributed by atoms with Crippen molar-refractivity contribution >= 4 is 0 Å². The van der Waals surface area contributed by atoms with E-state index in [1.807, 2.05) is 13.1 Å². The van der Waals surface area contributed by atoms with Crippen LogP contribution >= 0.6 is 0 Å². The average Bonchev–Trinajstić information content (AvgIpc) is 2.44. The van der Waals surface area contributed by atoms with Gasteiger partial charge in [0.15, 0.2) is 0 Å². The van der Waals surface area contributed by atoms with E-state index < -0.39 is 0 Å². The highest BCUT2D eigenvalue weighted by Crippen LogP contribution is 2.37. The Bertz CT molecular complexity index is 618. The third-order valence-electron chi connectivity index (χ3n) is 4.13. The molecule has 0 spiro atoms. The predicted molar refractivity (Wildman–Crippen MR) is 82.4 cm³/mol. The molecule has 0 heterocycles. The Morgan fingerprint density at radius 1 is 1.00 bits per heavy atom. The summed E-state index contributed by atoms with van der Waals surface area (Å²) in [4.78, 5) is 0. The van der Waals surface area contributed by atoms with Gasteiger partial charge < -0.3 is 5.32 Å². The van der Waals surface area contributed by atoms with Gasteiger partial charge in [-0.25, -0.2) is 8.78 Å². The number of nitrogens with one attached hydrogen (secondary N) is 1. The smallest absolute Gasteiger partial charge is 0.126 e. The molecule has 112 valence electrons. The lowest BCUT2D eigenvalue weighted by Crippen LogP contribution is -2.35. The maximum atomic E-state index is 13.8. The molecule has 1 unspecified atom stereocenters. The molecule has 0 aliphatic carbocycles. The van der Waals surface area contributed by atoms with Gasteiger partial charge in [-0.2, -0.15) is 0 Å². The fourth-order valence-corrected chi connectivity index (χ4v) is 2.78. The molecule has 3 heteroatoms. The predicted octanol–water partition coefficient (Wildman–Crippen LogP) is 4.51. The normalized spacial score (nSPS) is 13.2. The molecule has 21 heavy (non-hydrogen) atoms. The van der Waals surface area contributed by atoms with E-state index in [1.54, 1.807) is 31.2 Å². The van der Waals surface area contributed by atoms with Gasteiger partial charge in [0.25, 0.3) is 0 Å². The van der Waals surface area contributed by atoms with Gasteiger partial charge >= 0.3 is 0 Å². The van der Waals surface area contributed by atoms with Crippen LogP contribution in [0.3, 0.4) is 0 Å². The van der Waals surface area contributed by atoms with Crippen molar-refractivity contribution < 1.29 is 8.78 Å². The third kappa shape index (κ3) is 3.13. The van der Waals surface area contributed by atoms with Crippen molar-refractivity contribution in [2.24, 2.45) is 0 Å². The Morgan fingerprint density at radius 3 is 2.14 bits per heavy atom. The fourth-order valence-electron chi connectivity index (χ4n) is 2.78. The lowest BCUT2D eigenvalue weighted by Gasteiger charge is -2.35. The van der Waals surface area contributed by atoms with E-state index >= 15 is 0 Å². The number of hydrogen-bond acceptors (Lipinski definition) is 1. The summed E-state index contributed by atoms with van der Waals surface area (Å²) in [7, 11) is 1.85. The van der Waals surface area contributed by atoms with Gasteiger partial charge in [-0.3, -0.25) is 0 Å². The standard InChI is InChI=1S/C18H21F2N/c1-12-5-6-13(11-16(12)20)17(21-4)18(2,3)14-7-9-15(19)10-8-14/h5-11,17,21H,1-4H3. The monoisotopic (exact) mass is 289 g/mol. The van der Waals surface area contributed by atoms with Gasteiger partial charge in [-0.05, 0) is 48.9 Å². The Kier molecular flexibility index (Phi) is 4.43. The maximum Gasteiger partial charge on any atom is 0.126 e. The lowest BCUT2D eigenvalue weighted by molar-refractivity contribution is 0.367. The number of benzene rings is 2. The lowest BCUT2D eigenvalue weighted by atomic mass is 9.75. The van der Waals surface area contributed by atoms with Crippen LogP contribution in [0.4, 0.5) is 8.78 Å². The Labute approximate surface area is 125 Å². The first-order valence-electron chi connectivity index (χ1n) is 7.05. The Balaban J connectivity index is 2.43. The van der Waals surface area contributed by atoms with Crippen LogP contribution in [0.5, 0.6) is 0 Å². The molecule has 1 nitrogen and oxygen atoms in total. The molecule has 2 aromatic carbocycles. The summed E-state index contributed by atoms with van der Waals surface area (Å²) < 4.78 is 27.0. The number of halogens is 2. The minimum absolute atomic E-state index is 0.0712. The van der Waals surface area contributed by atoms with Crippen molar-refractivity contribution in [2.75, 3.05) is 7.05 Å². The maximum absolute atomic E-state index is 13.8. The molecule has 0 fully saturated rings. The van der Waals surface area contributed by atoms with E-state index in [4.69, 9.17) is 0 Å². The Hall–Kier alpha value is -1.74. The van der Waals surface area contributed by atoms with E-state index in [-0.39, 0.29) is 23.1 Å². The molecular weight excluding hydrogens is 268 g/mol. The van der Waals surface area contributed by atoms with E-state index in [1.165, 1.54) is 12.1 Å². The summed E-state index contributed by atoms with van der Waals surface area (Å²) in [5, 5.41) is 3.26. The molecule has 0 amide bonds. The summed E-state index contributed by atoms with van der Waals surface area (Å²) in [6.45, 7) is 5.89. The van der Waals surface area contributed by atoms with Gasteiger partial charge in [0.1, 0.15) is 11.6 Å². The SMILES string of the molecule is CNC(c1ccc(C)c(F)c1)C(C)(C)c1ccc(F)cc1. The first-order valence-corrected chi connectivity index (χ1v) is 7.05. The molecule has 0 aliphatic heterocycles. The fraction of sp³-hybridized carbons (Fsp3) is 0.333. The van der Waals surface area contributed by atoms with Crippen molar-refractivity contribution in [1.82, 2.24) is 5.32 Å². The second-order valence-electron chi connectivity index (χ2n) is 5.96. The first kappa shape index (κ1) is 15.6. The van der Waals surface area contributed by atoms with Crippen LogP contribution in [0.25, 0.3) is 0 Å². The third-order valence-corrected chi connectivity index (χ3v) is 4.13. The zero-order valence-corrected chi connectivity index (χ0v) is 12.9. The first-order chi connectivity index (χ1) is 9.86. The Morgan fingerprint density at radius 2 is 1.62 bits per heavy atom. The molecule has 0 aliphatic rings. The number of hydrogen-bond donors (Lipinski definition) is 1. The highest BCUT2D eigenvalue weighted by molar-refractivity contribution is 5.34. The number of aryl methyl sites for hydroxylation is 1. The van der Waals surface area contributed by atoms with Crippen LogP contribution in [0.15, 0.2) is 42.5 Å². The summed E-state index contributed by atoms with van der Waals surface area (Å²) in [6.07, 6.45) is 0. The average molecular weight is 289 g/mol. The molecule has 0 saturated carbocycles. The number of rotatable bonds is 4. The highest BCUT2D eigenvalue weighted by Gasteiger charge is 2.31. The van der Waals surface area contributed by atoms with Crippen molar-refractivity contribution in [1.29, 1.82) is 0 Å². The van der Waals surface area contributed by atoms with Crippen molar-refractivity contribution in [3.63, 3.8) is 0 Å². The van der Waals surface area contributed by atoms with Gasteiger partial charge in [-0.1, -0.05) is 38.1 Å². The second-order valence-corrected chi connectivity index (χ2v) is 5.96. The van der Waals surface area contributed by atoms with Crippen molar-refractivity contribution in [3.8, 4) is 0 Å². The van der Waals surface area contributed by atoms with E-state index in [2.05, 4.69) is 19.2 Å². The summed E-state index contributed by atoms with van der Waals surface area (Å²) in [5.41, 5.74) is 2.22. The quantitative estimate of drug-likeness (QED) is 0.873. The highest BCUT2D eigenvalue weighted by atomic mass is 19.1. The van der Waals surface area contributed by atoms with Gasteiger partial charge in [0.2, 0.25) is 0 Å². The van der Waals surface area contributed by atoms with Crippen LogP contribution in [0, 0.1) is 18.6 Å². The van der Waals surface area contributed by atoms with Gasteiger partial charge in [0.05, 0.1) is 0 Å². The van der Waals surface area contributed by atoms with Crippen LogP contribution in [-0.2, 0) is 5.41 Å². The molecule has 0 radical (unpaired) electrons. The molecule has 2 rings (SSSR count). The minimum Gasteiger partial charge on any atom is -0.312 e. The molecular formula is C18H21F2N. The molecule has 0 aromatic heterocycles. The number of likely N-dealkylation sites (N-methyl/N-ethyl adjacent to an activating group) is 1. The minimum atomic E-state index is -0.301.